The zero-order valence-corrected chi connectivity index (χ0v) is 20.8. The van der Waals surface area contributed by atoms with E-state index in [9.17, 15) is 19.8 Å². The molecule has 2 aliphatic heterocycles. The third-order valence-corrected chi connectivity index (χ3v) is 7.21. The lowest BCUT2D eigenvalue weighted by molar-refractivity contribution is -0.117. The smallest absolute Gasteiger partial charge is 0.294 e. The highest BCUT2D eigenvalue weighted by Gasteiger charge is 2.45. The maximum Gasteiger partial charge on any atom is 0.294 e. The van der Waals surface area contributed by atoms with Gasteiger partial charge >= 0.3 is 0 Å². The lowest BCUT2D eigenvalue weighted by atomic mass is 9.94. The average molecular weight is 511 g/mol. The summed E-state index contributed by atoms with van der Waals surface area (Å²) in [7, 11) is 1.51. The number of rotatable bonds is 6. The Morgan fingerprint density at radius 3 is 2.32 bits per heavy atom. The molecule has 192 valence electrons. The van der Waals surface area contributed by atoms with E-state index < -0.39 is 23.5 Å². The monoisotopic (exact) mass is 510 g/mol. The quantitative estimate of drug-likeness (QED) is 0.329. The van der Waals surface area contributed by atoms with Crippen molar-refractivity contribution < 1.29 is 29.0 Å². The van der Waals surface area contributed by atoms with Crippen LogP contribution in [0.5, 0.6) is 11.5 Å². The molecule has 1 amide bonds. The Morgan fingerprint density at radius 1 is 0.947 bits per heavy atom. The molecule has 1 atom stereocenters. The second-order valence-corrected chi connectivity index (χ2v) is 9.46. The predicted molar refractivity (Wildman–Crippen MR) is 143 cm³/mol. The fourth-order valence-corrected chi connectivity index (χ4v) is 5.32. The summed E-state index contributed by atoms with van der Waals surface area (Å²) in [6, 6.07) is 19.7. The molecule has 0 radical (unpaired) electrons. The van der Waals surface area contributed by atoms with Gasteiger partial charge in [0.25, 0.3) is 5.91 Å². The number of benzene rings is 3. The number of methoxy groups -OCH3 is 1. The number of aliphatic hydroxyl groups excluding tert-OH is 1. The molecule has 38 heavy (non-hydrogen) atoms. The normalized spacial score (nSPS) is 17.6. The van der Waals surface area contributed by atoms with E-state index in [4.69, 9.17) is 9.15 Å². The number of carbonyl (C=O) groups excluding carboxylic acids is 2. The number of fused-ring (bicyclic) bond motifs is 1. The molecule has 2 N–H and O–H groups in total. The molecule has 0 saturated carbocycles. The van der Waals surface area contributed by atoms with Gasteiger partial charge in [-0.1, -0.05) is 24.3 Å². The van der Waals surface area contributed by atoms with Crippen molar-refractivity contribution in [3.63, 3.8) is 0 Å². The van der Waals surface area contributed by atoms with Crippen LogP contribution < -0.4 is 14.5 Å². The van der Waals surface area contributed by atoms with Crippen LogP contribution in [0.2, 0.25) is 0 Å². The van der Waals surface area contributed by atoms with Crippen molar-refractivity contribution in [1.82, 2.24) is 0 Å². The molecule has 4 aromatic rings. The van der Waals surface area contributed by atoms with E-state index in [-0.39, 0.29) is 17.1 Å². The number of hydrogen-bond donors (Lipinski definition) is 2. The van der Waals surface area contributed by atoms with Crippen molar-refractivity contribution in [3.05, 3.63) is 95.5 Å². The lowest BCUT2D eigenvalue weighted by Crippen LogP contribution is -2.31. The van der Waals surface area contributed by atoms with Crippen LogP contribution in [0.25, 0.3) is 11.0 Å². The minimum absolute atomic E-state index is 0.0196. The Bertz CT molecular complexity index is 1560. The topological polar surface area (TPSA) is 103 Å². The summed E-state index contributed by atoms with van der Waals surface area (Å²) in [6.07, 6.45) is 2.29. The number of amides is 1. The summed E-state index contributed by atoms with van der Waals surface area (Å²) in [4.78, 5) is 31.0. The highest BCUT2D eigenvalue weighted by molar-refractivity contribution is 6.20. The van der Waals surface area contributed by atoms with Crippen molar-refractivity contribution in [2.24, 2.45) is 0 Å². The van der Waals surface area contributed by atoms with E-state index in [2.05, 4.69) is 4.90 Å². The van der Waals surface area contributed by atoms with E-state index >= 15 is 0 Å². The molecule has 1 fully saturated rings. The number of ketones is 1. The van der Waals surface area contributed by atoms with Gasteiger partial charge in [0.15, 0.2) is 22.9 Å². The number of phenolic OH excluding ortho intramolecular Hbond substituents is 1. The molecular formula is C30H26N2O6. The van der Waals surface area contributed by atoms with Crippen molar-refractivity contribution in [3.8, 4) is 11.5 Å². The van der Waals surface area contributed by atoms with Crippen LogP contribution in [0.3, 0.4) is 0 Å². The fraction of sp³-hybridized carbons (Fsp3) is 0.200. The molecule has 3 aromatic carbocycles. The first-order valence-electron chi connectivity index (χ1n) is 12.5. The molecule has 8 nitrogen and oxygen atoms in total. The molecule has 1 unspecified atom stereocenters. The first-order chi connectivity index (χ1) is 18.5. The van der Waals surface area contributed by atoms with Gasteiger partial charge in [0.1, 0.15) is 5.75 Å². The highest BCUT2D eigenvalue weighted by atomic mass is 16.5. The number of aliphatic hydroxyl groups is 1. The number of ether oxygens (including phenoxy) is 1. The SMILES string of the molecule is COc1cccc2cc(C(=O)C3=C(O)C(=O)N(c4ccc(N5CCCC5)cc4)C3c3ccc(O)cc3)oc12. The molecule has 2 aliphatic rings. The van der Waals surface area contributed by atoms with Crippen molar-refractivity contribution in [2.45, 2.75) is 18.9 Å². The van der Waals surface area contributed by atoms with Crippen LogP contribution in [0.1, 0.15) is 35.0 Å². The van der Waals surface area contributed by atoms with Crippen LogP contribution in [-0.2, 0) is 4.79 Å². The molecule has 0 spiro atoms. The minimum atomic E-state index is -0.927. The number of carbonyl (C=O) groups is 2. The predicted octanol–water partition coefficient (Wildman–Crippen LogP) is 5.53. The summed E-state index contributed by atoms with van der Waals surface area (Å²) >= 11 is 0. The lowest BCUT2D eigenvalue weighted by Gasteiger charge is -2.27. The van der Waals surface area contributed by atoms with Crippen LogP contribution in [0.15, 0.2) is 88.5 Å². The second kappa shape index (κ2) is 9.30. The molecule has 3 heterocycles. The fourth-order valence-electron chi connectivity index (χ4n) is 5.32. The van der Waals surface area contributed by atoms with Gasteiger partial charge in [-0.15, -0.1) is 0 Å². The zero-order valence-electron chi connectivity index (χ0n) is 20.8. The van der Waals surface area contributed by atoms with Gasteiger partial charge in [0.05, 0.1) is 18.7 Å². The molecule has 1 saturated heterocycles. The molecule has 0 aliphatic carbocycles. The van der Waals surface area contributed by atoms with E-state index in [1.807, 2.05) is 24.3 Å². The molecule has 6 rings (SSSR count). The summed E-state index contributed by atoms with van der Waals surface area (Å²) < 4.78 is 11.2. The second-order valence-electron chi connectivity index (χ2n) is 9.46. The Hall–Kier alpha value is -4.72. The molecule has 0 bridgehead atoms. The number of Topliss-reactive ketones (excluding diaryl/α,β-unsaturated/α-hetero) is 1. The van der Waals surface area contributed by atoms with Gasteiger partial charge in [0, 0.05) is 29.9 Å². The number of hydrogen-bond acceptors (Lipinski definition) is 7. The Labute approximate surface area is 219 Å². The minimum Gasteiger partial charge on any atom is -0.508 e. The zero-order chi connectivity index (χ0) is 26.4. The van der Waals surface area contributed by atoms with E-state index in [0.717, 1.165) is 31.6 Å². The number of furan rings is 1. The van der Waals surface area contributed by atoms with E-state index in [1.165, 1.54) is 24.1 Å². The Balaban J connectivity index is 1.43. The van der Waals surface area contributed by atoms with E-state index in [0.29, 0.717) is 28.0 Å². The summed E-state index contributed by atoms with van der Waals surface area (Å²) in [6.45, 7) is 1.98. The maximum absolute atomic E-state index is 13.8. The summed E-state index contributed by atoms with van der Waals surface area (Å²) in [5, 5.41) is 21.6. The Morgan fingerprint density at radius 2 is 1.63 bits per heavy atom. The Kier molecular flexibility index (Phi) is 5.79. The van der Waals surface area contributed by atoms with Gasteiger partial charge in [-0.2, -0.15) is 0 Å². The van der Waals surface area contributed by atoms with Gasteiger partial charge < -0.3 is 24.3 Å². The highest BCUT2D eigenvalue weighted by Crippen LogP contribution is 2.43. The van der Waals surface area contributed by atoms with Gasteiger partial charge in [-0.05, 0) is 66.9 Å². The van der Waals surface area contributed by atoms with Crippen LogP contribution in [0, 0.1) is 0 Å². The molecule has 1 aromatic heterocycles. The van der Waals surface area contributed by atoms with Crippen LogP contribution >= 0.6 is 0 Å². The molecule has 8 heteroatoms. The third kappa shape index (κ3) is 3.85. The van der Waals surface area contributed by atoms with Crippen LogP contribution in [-0.4, -0.2) is 42.1 Å². The largest absolute Gasteiger partial charge is 0.508 e. The van der Waals surface area contributed by atoms with Gasteiger partial charge in [0.2, 0.25) is 5.78 Å². The third-order valence-electron chi connectivity index (χ3n) is 7.21. The van der Waals surface area contributed by atoms with E-state index in [1.54, 1.807) is 36.4 Å². The number of para-hydroxylation sites is 1. The summed E-state index contributed by atoms with van der Waals surface area (Å²) in [5.41, 5.74) is 2.46. The number of nitrogens with zero attached hydrogens (tertiary/aromatic N) is 2. The number of phenols is 1. The van der Waals surface area contributed by atoms with Crippen molar-refractivity contribution in [1.29, 1.82) is 0 Å². The van der Waals surface area contributed by atoms with Crippen molar-refractivity contribution >= 4 is 34.0 Å². The first kappa shape index (κ1) is 23.7. The summed E-state index contributed by atoms with van der Waals surface area (Å²) in [5.74, 6) is -1.43. The van der Waals surface area contributed by atoms with Gasteiger partial charge in [-0.3, -0.25) is 14.5 Å². The van der Waals surface area contributed by atoms with Gasteiger partial charge in [-0.25, -0.2) is 0 Å². The number of anilines is 2. The first-order valence-corrected chi connectivity index (χ1v) is 12.5. The van der Waals surface area contributed by atoms with Crippen molar-refractivity contribution in [2.75, 3.05) is 30.0 Å². The maximum atomic E-state index is 13.8. The molecular weight excluding hydrogens is 484 g/mol. The van der Waals surface area contributed by atoms with Crippen LogP contribution in [0.4, 0.5) is 11.4 Å². The standard InChI is InChI=1S/C30H26N2O6/c1-37-23-6-4-5-19-17-24(38-29(19)23)27(34)25-26(18-7-13-22(33)14-8-18)32(30(36)28(25)35)21-11-9-20(10-12-21)31-15-2-3-16-31/h4-14,17,26,33,35H,2-3,15-16H2,1H3. The number of aromatic hydroxyl groups is 1. The average Bonchev–Trinajstić information content (AvgIpc) is 3.68.